The number of amides is 3. The van der Waals surface area contributed by atoms with Crippen molar-refractivity contribution in [3.63, 3.8) is 0 Å². The van der Waals surface area contributed by atoms with E-state index >= 15 is 0 Å². The van der Waals surface area contributed by atoms with Gasteiger partial charge in [0.2, 0.25) is 5.91 Å². The van der Waals surface area contributed by atoms with Gasteiger partial charge in [0.25, 0.3) is 11.1 Å². The number of nitrogens with one attached hydrogen (secondary N) is 1. The zero-order chi connectivity index (χ0) is 23.3. The van der Waals surface area contributed by atoms with Crippen LogP contribution in [0.3, 0.4) is 0 Å². The fraction of sp³-hybridized carbons (Fsp3) is 0.227. The van der Waals surface area contributed by atoms with Crippen molar-refractivity contribution in [3.8, 4) is 11.5 Å². The summed E-state index contributed by atoms with van der Waals surface area (Å²) in [7, 11) is 0. The lowest BCUT2D eigenvalue weighted by molar-refractivity contribution is -0.127. The second-order valence-electron chi connectivity index (χ2n) is 6.52. The summed E-state index contributed by atoms with van der Waals surface area (Å²) in [4.78, 5) is 38.6. The zero-order valence-corrected chi connectivity index (χ0v) is 21.0. The maximum Gasteiger partial charge on any atom is 0.294 e. The summed E-state index contributed by atoms with van der Waals surface area (Å²) >= 11 is 8.76. The van der Waals surface area contributed by atoms with E-state index in [0.29, 0.717) is 41.0 Å². The van der Waals surface area contributed by atoms with E-state index < -0.39 is 17.1 Å². The third-order valence-electron chi connectivity index (χ3n) is 4.22. The van der Waals surface area contributed by atoms with E-state index in [-0.39, 0.29) is 11.4 Å². The number of carbonyl (C=O) groups excluding carboxylic acids is 3. The fourth-order valence-electron chi connectivity index (χ4n) is 2.88. The molecule has 0 atom stereocenters. The quantitative estimate of drug-likeness (QED) is 0.329. The Balaban J connectivity index is 1.76. The molecule has 2 aromatic rings. The number of benzene rings is 2. The number of anilines is 1. The van der Waals surface area contributed by atoms with Crippen molar-refractivity contribution in [3.05, 3.63) is 55.5 Å². The summed E-state index contributed by atoms with van der Waals surface area (Å²) in [6, 6.07) is 10.1. The van der Waals surface area contributed by atoms with Crippen molar-refractivity contribution in [2.45, 2.75) is 13.8 Å². The Morgan fingerprint density at radius 2 is 1.84 bits per heavy atom. The normalized spacial score (nSPS) is 14.8. The van der Waals surface area contributed by atoms with Gasteiger partial charge in [-0.2, -0.15) is 0 Å². The third-order valence-corrected chi connectivity index (χ3v) is 6.18. The highest BCUT2D eigenvalue weighted by Crippen LogP contribution is 2.37. The summed E-state index contributed by atoms with van der Waals surface area (Å²) in [5, 5.41) is 2.68. The van der Waals surface area contributed by atoms with Gasteiger partial charge in [-0.1, -0.05) is 11.6 Å². The number of hydrogen-bond donors (Lipinski definition) is 1. The molecule has 0 aliphatic carbocycles. The van der Waals surface area contributed by atoms with Crippen LogP contribution >= 0.6 is 46.0 Å². The molecule has 168 valence electrons. The van der Waals surface area contributed by atoms with Crippen LogP contribution in [0.15, 0.2) is 41.3 Å². The van der Waals surface area contributed by atoms with E-state index in [9.17, 15) is 14.4 Å². The Hall–Kier alpha value is -2.24. The largest absolute Gasteiger partial charge is 0.490 e. The first kappa shape index (κ1) is 24.4. The Morgan fingerprint density at radius 1 is 1.16 bits per heavy atom. The zero-order valence-electron chi connectivity index (χ0n) is 17.3. The minimum Gasteiger partial charge on any atom is -0.490 e. The molecule has 10 heteroatoms. The van der Waals surface area contributed by atoms with E-state index in [1.54, 1.807) is 36.4 Å². The highest BCUT2D eigenvalue weighted by molar-refractivity contribution is 14.1. The molecule has 1 fully saturated rings. The van der Waals surface area contributed by atoms with Crippen molar-refractivity contribution < 1.29 is 23.9 Å². The van der Waals surface area contributed by atoms with E-state index in [1.807, 2.05) is 19.9 Å². The molecule has 2 aromatic carbocycles. The monoisotopic (exact) mass is 586 g/mol. The van der Waals surface area contributed by atoms with Crippen molar-refractivity contribution >= 4 is 74.8 Å². The molecule has 0 spiro atoms. The van der Waals surface area contributed by atoms with Crippen LogP contribution in [0.5, 0.6) is 11.5 Å². The van der Waals surface area contributed by atoms with Crippen LogP contribution in [0, 0.1) is 3.57 Å². The summed E-state index contributed by atoms with van der Waals surface area (Å²) in [6.07, 6.45) is 1.61. The summed E-state index contributed by atoms with van der Waals surface area (Å²) < 4.78 is 12.2. The lowest BCUT2D eigenvalue weighted by Crippen LogP contribution is -2.36. The van der Waals surface area contributed by atoms with Crippen LogP contribution in [0.1, 0.15) is 19.4 Å². The van der Waals surface area contributed by atoms with Gasteiger partial charge in [-0.15, -0.1) is 0 Å². The molecule has 0 bridgehead atoms. The molecule has 1 aliphatic heterocycles. The highest BCUT2D eigenvalue weighted by Gasteiger charge is 2.36. The van der Waals surface area contributed by atoms with Gasteiger partial charge in [0.1, 0.15) is 6.54 Å². The molecule has 32 heavy (non-hydrogen) atoms. The van der Waals surface area contributed by atoms with Gasteiger partial charge in [-0.3, -0.25) is 19.3 Å². The molecule has 1 saturated heterocycles. The SMILES string of the molecule is CCOc1cc(/C=C2/SC(=O)N(CC(=O)Nc3ccc(Cl)cc3)C2=O)cc(I)c1OCC. The molecule has 7 nitrogen and oxygen atoms in total. The number of nitrogens with zero attached hydrogens (tertiary/aromatic N) is 1. The maximum atomic E-state index is 12.8. The van der Waals surface area contributed by atoms with Crippen molar-refractivity contribution in [2.24, 2.45) is 0 Å². The summed E-state index contributed by atoms with van der Waals surface area (Å²) in [6.45, 7) is 4.33. The number of rotatable bonds is 8. The molecule has 0 aromatic heterocycles. The minimum atomic E-state index is -0.520. The first-order chi connectivity index (χ1) is 15.3. The first-order valence-electron chi connectivity index (χ1n) is 9.72. The van der Waals surface area contributed by atoms with Crippen molar-refractivity contribution in [1.29, 1.82) is 0 Å². The van der Waals surface area contributed by atoms with Crippen LogP contribution in [0.2, 0.25) is 5.02 Å². The van der Waals surface area contributed by atoms with E-state index in [4.69, 9.17) is 21.1 Å². The molecule has 1 heterocycles. The summed E-state index contributed by atoms with van der Waals surface area (Å²) in [5.41, 5.74) is 1.21. The first-order valence-corrected chi connectivity index (χ1v) is 12.0. The van der Waals surface area contributed by atoms with Gasteiger partial charge in [0.05, 0.1) is 21.7 Å². The van der Waals surface area contributed by atoms with Crippen molar-refractivity contribution in [1.82, 2.24) is 4.90 Å². The second-order valence-corrected chi connectivity index (χ2v) is 9.11. The number of carbonyl (C=O) groups is 3. The predicted molar refractivity (Wildman–Crippen MR) is 134 cm³/mol. The third kappa shape index (κ3) is 5.96. The van der Waals surface area contributed by atoms with Crippen molar-refractivity contribution in [2.75, 3.05) is 25.1 Å². The molecule has 0 saturated carbocycles. The maximum absolute atomic E-state index is 12.8. The predicted octanol–water partition coefficient (Wildman–Crippen LogP) is 5.42. The van der Waals surface area contributed by atoms with Crippen LogP contribution in [-0.2, 0) is 9.59 Å². The van der Waals surface area contributed by atoms with Gasteiger partial charge >= 0.3 is 0 Å². The molecule has 1 N–H and O–H groups in total. The lowest BCUT2D eigenvalue weighted by Gasteiger charge is -2.14. The number of ether oxygens (including phenoxy) is 2. The lowest BCUT2D eigenvalue weighted by atomic mass is 10.2. The Kier molecular flexibility index (Phi) is 8.44. The Morgan fingerprint density at radius 3 is 2.50 bits per heavy atom. The standard InChI is InChI=1S/C22H20ClIN2O5S/c1-3-30-17-10-13(9-16(24)20(17)31-4-2)11-18-21(28)26(22(29)32-18)12-19(27)25-15-7-5-14(23)6-8-15/h5-11H,3-4,12H2,1-2H3,(H,25,27)/b18-11+. The molecule has 0 unspecified atom stereocenters. The van der Waals surface area contributed by atoms with Gasteiger partial charge in [-0.05, 0) is 96.2 Å². The Bertz CT molecular complexity index is 1070. The average molecular weight is 587 g/mol. The van der Waals surface area contributed by atoms with Gasteiger partial charge < -0.3 is 14.8 Å². The second kappa shape index (κ2) is 11.1. The molecule has 3 amide bonds. The molecule has 3 rings (SSSR count). The molecular formula is C22H20ClIN2O5S. The smallest absolute Gasteiger partial charge is 0.294 e. The number of hydrogen-bond acceptors (Lipinski definition) is 6. The highest BCUT2D eigenvalue weighted by atomic mass is 127. The van der Waals surface area contributed by atoms with Crippen LogP contribution in [0.25, 0.3) is 6.08 Å². The fourth-order valence-corrected chi connectivity index (χ4v) is 4.63. The van der Waals surface area contributed by atoms with E-state index in [2.05, 4.69) is 27.9 Å². The molecular weight excluding hydrogens is 567 g/mol. The van der Waals surface area contributed by atoms with Gasteiger partial charge in [0, 0.05) is 10.7 Å². The minimum absolute atomic E-state index is 0.233. The summed E-state index contributed by atoms with van der Waals surface area (Å²) in [5.74, 6) is 0.200. The number of halogens is 2. The molecule has 0 radical (unpaired) electrons. The average Bonchev–Trinajstić information content (AvgIpc) is 3.00. The number of imide groups is 1. The topological polar surface area (TPSA) is 84.9 Å². The van der Waals surface area contributed by atoms with E-state index in [1.165, 1.54) is 0 Å². The van der Waals surface area contributed by atoms with E-state index in [0.717, 1.165) is 20.2 Å². The molecule has 1 aliphatic rings. The number of thioether (sulfide) groups is 1. The van der Waals surface area contributed by atoms with Crippen LogP contribution in [-0.4, -0.2) is 41.7 Å². The van der Waals surface area contributed by atoms with Crippen LogP contribution in [0.4, 0.5) is 10.5 Å². The van der Waals surface area contributed by atoms with Gasteiger partial charge in [0.15, 0.2) is 11.5 Å². The Labute approximate surface area is 208 Å². The van der Waals surface area contributed by atoms with Crippen LogP contribution < -0.4 is 14.8 Å². The van der Waals surface area contributed by atoms with Gasteiger partial charge in [-0.25, -0.2) is 0 Å².